The summed E-state index contributed by atoms with van der Waals surface area (Å²) in [5.74, 6) is 1.87. The van der Waals surface area contributed by atoms with E-state index >= 15 is 0 Å². The zero-order chi connectivity index (χ0) is 21.8. The normalized spacial score (nSPS) is 52.0. The van der Waals surface area contributed by atoms with Gasteiger partial charge in [-0.3, -0.25) is 0 Å². The third kappa shape index (κ3) is 2.64. The van der Waals surface area contributed by atoms with Gasteiger partial charge in [0.1, 0.15) is 0 Å². The molecule has 0 aromatic heterocycles. The second kappa shape index (κ2) is 6.20. The van der Waals surface area contributed by atoms with E-state index in [2.05, 4.69) is 55.4 Å². The minimum Gasteiger partial charge on any atom is -0.0640 e. The molecule has 0 aromatic rings. The van der Waals surface area contributed by atoms with Gasteiger partial charge >= 0.3 is 0 Å². The summed E-state index contributed by atoms with van der Waals surface area (Å²) in [6.07, 6.45) is 17.4. The van der Waals surface area contributed by atoms with Crippen molar-refractivity contribution in [2.45, 2.75) is 132 Å². The van der Waals surface area contributed by atoms with Crippen LogP contribution in [0.15, 0.2) is 11.1 Å². The van der Waals surface area contributed by atoms with Gasteiger partial charge in [-0.25, -0.2) is 0 Å². The average Bonchev–Trinajstić information content (AvgIpc) is 2.63. The molecule has 0 heterocycles. The number of hydrogen-bond acceptors (Lipinski definition) is 0. The highest BCUT2D eigenvalue weighted by Crippen LogP contribution is 2.75. The van der Waals surface area contributed by atoms with Crippen molar-refractivity contribution in [1.82, 2.24) is 0 Å². The van der Waals surface area contributed by atoms with Crippen LogP contribution in [-0.2, 0) is 0 Å². The minimum absolute atomic E-state index is 0.452. The van der Waals surface area contributed by atoms with Gasteiger partial charge in [-0.2, -0.15) is 0 Å². The van der Waals surface area contributed by atoms with Crippen LogP contribution in [0.3, 0.4) is 0 Å². The highest BCUT2D eigenvalue weighted by Gasteiger charge is 2.66. The van der Waals surface area contributed by atoms with Gasteiger partial charge in [0.25, 0.3) is 0 Å². The Labute approximate surface area is 188 Å². The van der Waals surface area contributed by atoms with Crippen LogP contribution in [0, 0.1) is 44.3 Å². The summed E-state index contributed by atoms with van der Waals surface area (Å²) < 4.78 is 0. The van der Waals surface area contributed by atoms with Crippen molar-refractivity contribution in [3.63, 3.8) is 0 Å². The summed E-state index contributed by atoms with van der Waals surface area (Å²) in [5, 5.41) is 0. The molecule has 0 saturated heterocycles. The Morgan fingerprint density at radius 3 is 2.07 bits per heavy atom. The maximum atomic E-state index is 2.77. The van der Waals surface area contributed by atoms with Gasteiger partial charge < -0.3 is 0 Å². The molecule has 0 radical (unpaired) electrons. The van der Waals surface area contributed by atoms with E-state index in [-0.39, 0.29) is 0 Å². The molecule has 0 aliphatic heterocycles. The largest absolute Gasteiger partial charge is 0.0640 e. The van der Waals surface area contributed by atoms with Gasteiger partial charge in [-0.15, -0.1) is 0 Å². The molecule has 170 valence electrons. The molecule has 5 aliphatic rings. The molecule has 30 heavy (non-hydrogen) atoms. The topological polar surface area (TPSA) is 0 Å². The van der Waals surface area contributed by atoms with Gasteiger partial charge in [0.15, 0.2) is 0 Å². The molecule has 0 spiro atoms. The van der Waals surface area contributed by atoms with Crippen molar-refractivity contribution >= 4 is 0 Å². The lowest BCUT2D eigenvalue weighted by Gasteiger charge is -2.70. The van der Waals surface area contributed by atoms with Gasteiger partial charge in [-0.1, -0.05) is 73.0 Å². The van der Waals surface area contributed by atoms with Crippen molar-refractivity contribution < 1.29 is 0 Å². The van der Waals surface area contributed by atoms with Gasteiger partial charge in [0.05, 0.1) is 0 Å². The Morgan fingerprint density at radius 1 is 0.633 bits per heavy atom. The summed E-state index contributed by atoms with van der Waals surface area (Å²) in [7, 11) is 0. The van der Waals surface area contributed by atoms with E-state index in [4.69, 9.17) is 0 Å². The second-order valence-corrected chi connectivity index (χ2v) is 15.1. The van der Waals surface area contributed by atoms with Crippen LogP contribution in [0.25, 0.3) is 0 Å². The standard InChI is InChI=1S/C30H50/c1-25(2)16-17-27(5)18-19-29(7)21(22(27)20-25)10-11-24-28(6)14-9-13-26(3,4)23(28)12-15-30(24,29)8/h23-24H,9-20H2,1-8H3/t23-,24+,27-,28+,29-,30-/m1/s1. The Kier molecular flexibility index (Phi) is 4.46. The summed E-state index contributed by atoms with van der Waals surface area (Å²) in [6.45, 7) is 21.2. The van der Waals surface area contributed by atoms with Crippen molar-refractivity contribution in [3.8, 4) is 0 Å². The highest BCUT2D eigenvalue weighted by atomic mass is 14.7. The maximum Gasteiger partial charge on any atom is -0.00566 e. The van der Waals surface area contributed by atoms with Crippen LogP contribution < -0.4 is 0 Å². The van der Waals surface area contributed by atoms with Crippen LogP contribution in [0.5, 0.6) is 0 Å². The fraction of sp³-hybridized carbons (Fsp3) is 0.933. The molecule has 5 aliphatic carbocycles. The van der Waals surface area contributed by atoms with Gasteiger partial charge in [0, 0.05) is 0 Å². The lowest BCUT2D eigenvalue weighted by Crippen LogP contribution is -2.62. The van der Waals surface area contributed by atoms with Crippen LogP contribution in [0.4, 0.5) is 0 Å². The number of rotatable bonds is 0. The number of hydrogen-bond donors (Lipinski definition) is 0. The molecule has 0 N–H and O–H groups in total. The predicted molar refractivity (Wildman–Crippen MR) is 129 cm³/mol. The first-order valence-electron chi connectivity index (χ1n) is 13.5. The lowest BCUT2D eigenvalue weighted by molar-refractivity contribution is -0.180. The molecule has 0 aromatic carbocycles. The monoisotopic (exact) mass is 410 g/mol. The first kappa shape index (κ1) is 21.6. The van der Waals surface area contributed by atoms with E-state index in [1.54, 1.807) is 0 Å². The highest BCUT2D eigenvalue weighted by molar-refractivity contribution is 5.37. The third-order valence-corrected chi connectivity index (χ3v) is 12.7. The van der Waals surface area contributed by atoms with Crippen molar-refractivity contribution in [2.75, 3.05) is 0 Å². The maximum absolute atomic E-state index is 2.77. The Hall–Kier alpha value is -0.260. The van der Waals surface area contributed by atoms with E-state index in [9.17, 15) is 0 Å². The molecule has 0 heteroatoms. The fourth-order valence-corrected chi connectivity index (χ4v) is 10.6. The molecule has 0 amide bonds. The first-order valence-corrected chi connectivity index (χ1v) is 13.5. The smallest absolute Gasteiger partial charge is 0.00566 e. The van der Waals surface area contributed by atoms with Crippen molar-refractivity contribution in [2.24, 2.45) is 44.3 Å². The van der Waals surface area contributed by atoms with Crippen LogP contribution in [0.1, 0.15) is 132 Å². The predicted octanol–water partition coefficient (Wildman–Crippen LogP) is 9.34. The van der Waals surface area contributed by atoms with E-state index in [0.717, 1.165) is 11.8 Å². The Morgan fingerprint density at radius 2 is 1.33 bits per heavy atom. The molecule has 4 fully saturated rings. The summed E-state index contributed by atoms with van der Waals surface area (Å²) in [5.41, 5.74) is 7.02. The molecule has 6 atom stereocenters. The van der Waals surface area contributed by atoms with E-state index in [1.165, 1.54) is 77.0 Å². The van der Waals surface area contributed by atoms with E-state index in [0.29, 0.717) is 32.5 Å². The number of fused-ring (bicyclic) bond motifs is 6. The SMILES string of the molecule is CC1(C)CC[C@]2(C)CC[C@]3(C)C(=C2C1)CC[C@H]1[C@@]2(C)CCCC(C)(C)[C@H]2CC[C@]13C. The third-order valence-electron chi connectivity index (χ3n) is 12.7. The average molecular weight is 411 g/mol. The quantitative estimate of drug-likeness (QED) is 0.349. The number of allylic oxidation sites excluding steroid dienone is 2. The van der Waals surface area contributed by atoms with E-state index < -0.39 is 0 Å². The zero-order valence-corrected chi connectivity index (χ0v) is 21.6. The molecular formula is C30H50. The summed E-state index contributed by atoms with van der Waals surface area (Å²) in [4.78, 5) is 0. The van der Waals surface area contributed by atoms with Crippen molar-refractivity contribution in [1.29, 1.82) is 0 Å². The molecule has 0 bridgehead atoms. The van der Waals surface area contributed by atoms with Crippen LogP contribution in [-0.4, -0.2) is 0 Å². The minimum atomic E-state index is 0.452. The van der Waals surface area contributed by atoms with Gasteiger partial charge in [-0.05, 0) is 115 Å². The fourth-order valence-electron chi connectivity index (χ4n) is 10.6. The zero-order valence-electron chi connectivity index (χ0n) is 21.6. The first-order chi connectivity index (χ1) is 13.8. The molecule has 0 unspecified atom stereocenters. The Bertz CT molecular complexity index is 767. The van der Waals surface area contributed by atoms with E-state index in [1.807, 2.05) is 11.1 Å². The molecule has 5 rings (SSSR count). The molecular weight excluding hydrogens is 360 g/mol. The van der Waals surface area contributed by atoms with Crippen LogP contribution in [0.2, 0.25) is 0 Å². The van der Waals surface area contributed by atoms with Gasteiger partial charge in [0.2, 0.25) is 0 Å². The summed E-state index contributed by atoms with van der Waals surface area (Å²) >= 11 is 0. The lowest BCUT2D eigenvalue weighted by atomic mass is 9.34. The Balaban J connectivity index is 1.60. The van der Waals surface area contributed by atoms with Crippen molar-refractivity contribution in [3.05, 3.63) is 11.1 Å². The van der Waals surface area contributed by atoms with Crippen LogP contribution >= 0.6 is 0 Å². The molecule has 0 nitrogen and oxygen atoms in total. The summed E-state index contributed by atoms with van der Waals surface area (Å²) in [6, 6.07) is 0. The second-order valence-electron chi connectivity index (χ2n) is 15.1. The molecule has 4 saturated carbocycles.